The number of likely N-dealkylation sites (tertiary alicyclic amines) is 1. The molecular weight excluding hydrogens is 122 g/mol. The first-order valence-electron chi connectivity index (χ1n) is 4.05. The van der Waals surface area contributed by atoms with Gasteiger partial charge in [0.15, 0.2) is 0 Å². The van der Waals surface area contributed by atoms with Crippen molar-refractivity contribution < 1.29 is 0 Å². The van der Waals surface area contributed by atoms with E-state index in [1.54, 1.807) is 0 Å². The number of nitrogens with zero attached hydrogens (tertiary/aromatic N) is 1. The van der Waals surface area contributed by atoms with E-state index >= 15 is 0 Å². The van der Waals surface area contributed by atoms with E-state index in [9.17, 15) is 0 Å². The SMILES string of the molecule is C=C.CC(C)N1CCCC1. The number of rotatable bonds is 1. The molecule has 1 rings (SSSR count). The predicted octanol–water partition coefficient (Wildman–Crippen LogP) is 2.29. The molecule has 1 nitrogen and oxygen atoms in total. The third-order valence-corrected chi connectivity index (χ3v) is 1.87. The maximum Gasteiger partial charge on any atom is 0.00385 e. The van der Waals surface area contributed by atoms with Gasteiger partial charge in [0.1, 0.15) is 0 Å². The van der Waals surface area contributed by atoms with E-state index in [-0.39, 0.29) is 0 Å². The first-order chi connectivity index (χ1) is 4.80. The van der Waals surface area contributed by atoms with Gasteiger partial charge in [-0.3, -0.25) is 0 Å². The minimum atomic E-state index is 0.775. The molecular formula is C9H19N. The molecule has 60 valence electrons. The Kier molecular flexibility index (Phi) is 5.32. The van der Waals surface area contributed by atoms with Gasteiger partial charge < -0.3 is 4.90 Å². The lowest BCUT2D eigenvalue weighted by molar-refractivity contribution is 0.276. The molecule has 0 amide bonds. The minimum absolute atomic E-state index is 0.775. The van der Waals surface area contributed by atoms with E-state index in [0.29, 0.717) is 0 Å². The molecule has 0 unspecified atom stereocenters. The quantitative estimate of drug-likeness (QED) is 0.506. The van der Waals surface area contributed by atoms with Gasteiger partial charge in [-0.25, -0.2) is 0 Å². The normalized spacial score (nSPS) is 18.7. The topological polar surface area (TPSA) is 3.24 Å². The summed E-state index contributed by atoms with van der Waals surface area (Å²) in [5, 5.41) is 0. The van der Waals surface area contributed by atoms with Crippen LogP contribution in [0.3, 0.4) is 0 Å². The molecule has 0 N–H and O–H groups in total. The molecule has 1 aliphatic heterocycles. The van der Waals surface area contributed by atoms with Crippen molar-refractivity contribution in [2.75, 3.05) is 13.1 Å². The zero-order valence-corrected chi connectivity index (χ0v) is 7.27. The van der Waals surface area contributed by atoms with E-state index in [0.717, 1.165) is 6.04 Å². The van der Waals surface area contributed by atoms with Crippen LogP contribution in [-0.2, 0) is 0 Å². The van der Waals surface area contributed by atoms with Crippen LogP contribution in [0.2, 0.25) is 0 Å². The fourth-order valence-corrected chi connectivity index (χ4v) is 1.26. The molecule has 1 saturated heterocycles. The van der Waals surface area contributed by atoms with Gasteiger partial charge in [-0.2, -0.15) is 0 Å². The first kappa shape index (κ1) is 9.70. The first-order valence-corrected chi connectivity index (χ1v) is 4.05. The van der Waals surface area contributed by atoms with Crippen molar-refractivity contribution in [3.8, 4) is 0 Å². The van der Waals surface area contributed by atoms with Crippen molar-refractivity contribution in [1.82, 2.24) is 4.90 Å². The van der Waals surface area contributed by atoms with Crippen LogP contribution < -0.4 is 0 Å². The second kappa shape index (κ2) is 5.48. The summed E-state index contributed by atoms with van der Waals surface area (Å²) < 4.78 is 0. The Bertz CT molecular complexity index is 72.8. The number of hydrogen-bond donors (Lipinski definition) is 0. The summed E-state index contributed by atoms with van der Waals surface area (Å²) in [5.74, 6) is 0. The molecule has 0 bridgehead atoms. The summed E-state index contributed by atoms with van der Waals surface area (Å²) in [4.78, 5) is 2.53. The van der Waals surface area contributed by atoms with Crippen LogP contribution in [0.5, 0.6) is 0 Å². The standard InChI is InChI=1S/C7H15N.C2H4/c1-7(2)8-5-3-4-6-8;1-2/h7H,3-6H2,1-2H3;1-2H2. The Morgan fingerprint density at radius 1 is 1.10 bits per heavy atom. The molecule has 10 heavy (non-hydrogen) atoms. The smallest absolute Gasteiger partial charge is 0.00385 e. The zero-order chi connectivity index (χ0) is 7.98. The highest BCUT2D eigenvalue weighted by Crippen LogP contribution is 2.09. The Morgan fingerprint density at radius 3 is 1.70 bits per heavy atom. The van der Waals surface area contributed by atoms with Crippen LogP contribution in [-0.4, -0.2) is 24.0 Å². The lowest BCUT2D eigenvalue weighted by atomic mass is 10.3. The third kappa shape index (κ3) is 3.02. The van der Waals surface area contributed by atoms with Crippen LogP contribution in [0.15, 0.2) is 13.2 Å². The molecule has 1 heterocycles. The highest BCUT2D eigenvalue weighted by atomic mass is 15.2. The van der Waals surface area contributed by atoms with E-state index in [2.05, 4.69) is 31.9 Å². The maximum absolute atomic E-state index is 3.00. The van der Waals surface area contributed by atoms with E-state index in [1.165, 1.54) is 25.9 Å². The summed E-state index contributed by atoms with van der Waals surface area (Å²) in [6.07, 6.45) is 2.83. The fraction of sp³-hybridized carbons (Fsp3) is 0.778. The summed E-state index contributed by atoms with van der Waals surface area (Å²) in [6.45, 7) is 13.2. The molecule has 1 fully saturated rings. The Balaban J connectivity index is 0.000000371. The monoisotopic (exact) mass is 141 g/mol. The molecule has 1 aliphatic rings. The Hall–Kier alpha value is -0.300. The van der Waals surface area contributed by atoms with Crippen molar-refractivity contribution in [2.24, 2.45) is 0 Å². The maximum atomic E-state index is 3.00. The second-order valence-electron chi connectivity index (χ2n) is 2.84. The minimum Gasteiger partial charge on any atom is -0.301 e. The third-order valence-electron chi connectivity index (χ3n) is 1.87. The van der Waals surface area contributed by atoms with E-state index in [4.69, 9.17) is 0 Å². The Labute approximate surface area is 64.7 Å². The average Bonchev–Trinajstić information content (AvgIpc) is 2.42. The van der Waals surface area contributed by atoms with Gasteiger partial charge in [0.05, 0.1) is 0 Å². The van der Waals surface area contributed by atoms with E-state index in [1.807, 2.05) is 0 Å². The van der Waals surface area contributed by atoms with Crippen LogP contribution in [0.25, 0.3) is 0 Å². The summed E-state index contributed by atoms with van der Waals surface area (Å²) in [6, 6.07) is 0.775. The highest BCUT2D eigenvalue weighted by Gasteiger charge is 2.13. The van der Waals surface area contributed by atoms with Crippen molar-refractivity contribution in [3.63, 3.8) is 0 Å². The van der Waals surface area contributed by atoms with Crippen LogP contribution in [0, 0.1) is 0 Å². The lowest BCUT2D eigenvalue weighted by Gasteiger charge is -2.18. The molecule has 0 spiro atoms. The van der Waals surface area contributed by atoms with Gasteiger partial charge in [0.2, 0.25) is 0 Å². The second-order valence-corrected chi connectivity index (χ2v) is 2.84. The summed E-state index contributed by atoms with van der Waals surface area (Å²) >= 11 is 0. The molecule has 0 atom stereocenters. The van der Waals surface area contributed by atoms with Crippen molar-refractivity contribution in [3.05, 3.63) is 13.2 Å². The van der Waals surface area contributed by atoms with Gasteiger partial charge in [-0.05, 0) is 39.8 Å². The largest absolute Gasteiger partial charge is 0.301 e. The van der Waals surface area contributed by atoms with Gasteiger partial charge in [0, 0.05) is 6.04 Å². The zero-order valence-electron chi connectivity index (χ0n) is 7.27. The molecule has 0 aromatic carbocycles. The van der Waals surface area contributed by atoms with Crippen LogP contribution in [0.4, 0.5) is 0 Å². The lowest BCUT2D eigenvalue weighted by Crippen LogP contribution is -2.26. The average molecular weight is 141 g/mol. The van der Waals surface area contributed by atoms with E-state index < -0.39 is 0 Å². The van der Waals surface area contributed by atoms with Gasteiger partial charge in [0.25, 0.3) is 0 Å². The van der Waals surface area contributed by atoms with Crippen LogP contribution >= 0.6 is 0 Å². The van der Waals surface area contributed by atoms with Gasteiger partial charge in [-0.15, -0.1) is 13.2 Å². The molecule has 0 radical (unpaired) electrons. The Morgan fingerprint density at radius 2 is 1.50 bits per heavy atom. The van der Waals surface area contributed by atoms with Gasteiger partial charge in [-0.1, -0.05) is 0 Å². The summed E-state index contributed by atoms with van der Waals surface area (Å²) in [5.41, 5.74) is 0. The molecule has 0 aromatic rings. The molecule has 1 heteroatoms. The molecule has 0 aromatic heterocycles. The van der Waals surface area contributed by atoms with Crippen LogP contribution in [0.1, 0.15) is 26.7 Å². The summed E-state index contributed by atoms with van der Waals surface area (Å²) in [7, 11) is 0. The number of hydrogen-bond acceptors (Lipinski definition) is 1. The predicted molar refractivity (Wildman–Crippen MR) is 47.2 cm³/mol. The van der Waals surface area contributed by atoms with Gasteiger partial charge >= 0.3 is 0 Å². The fourth-order valence-electron chi connectivity index (χ4n) is 1.26. The van der Waals surface area contributed by atoms with Crippen molar-refractivity contribution in [2.45, 2.75) is 32.7 Å². The molecule has 0 aliphatic carbocycles. The molecule has 0 saturated carbocycles. The van der Waals surface area contributed by atoms with Crippen molar-refractivity contribution in [1.29, 1.82) is 0 Å². The van der Waals surface area contributed by atoms with Crippen molar-refractivity contribution >= 4 is 0 Å². The highest BCUT2D eigenvalue weighted by molar-refractivity contribution is 4.68.